The van der Waals surface area contributed by atoms with E-state index in [0.29, 0.717) is 16.5 Å². The number of hydrogen-bond donors (Lipinski definition) is 3. The molecule has 1 heterocycles. The van der Waals surface area contributed by atoms with Crippen molar-refractivity contribution in [3.8, 4) is 17.2 Å². The summed E-state index contributed by atoms with van der Waals surface area (Å²) in [6.45, 7) is 0. The molecule has 1 aromatic heterocycles. The average molecular weight is 343 g/mol. The summed E-state index contributed by atoms with van der Waals surface area (Å²) in [5.41, 5.74) is 1.27. The minimum atomic E-state index is -0.217. The van der Waals surface area contributed by atoms with Gasteiger partial charge >= 0.3 is 0 Å². The molecule has 1 amide bonds. The number of amides is 1. The molecule has 0 unspecified atom stereocenters. The number of phenolic OH excluding ortho intramolecular Hbond substituents is 2. The molecule has 0 aliphatic heterocycles. The molecule has 9 heteroatoms. The van der Waals surface area contributed by atoms with E-state index in [4.69, 9.17) is 0 Å². The van der Waals surface area contributed by atoms with Gasteiger partial charge < -0.3 is 15.5 Å². The van der Waals surface area contributed by atoms with Gasteiger partial charge in [-0.25, -0.2) is 0 Å². The van der Waals surface area contributed by atoms with Crippen LogP contribution in [0.5, 0.6) is 11.5 Å². The molecular weight excluding hydrogens is 330 g/mol. The third-order valence-electron chi connectivity index (χ3n) is 3.02. The minimum Gasteiger partial charge on any atom is -0.508 e. The third-order valence-corrected chi connectivity index (χ3v) is 3.94. The Kier molecular flexibility index (Phi) is 4.62. The highest BCUT2D eigenvalue weighted by Crippen LogP contribution is 2.20. The summed E-state index contributed by atoms with van der Waals surface area (Å²) in [4.78, 5) is 12.0. The van der Waals surface area contributed by atoms with Crippen molar-refractivity contribution in [2.24, 2.45) is 0 Å². The maximum absolute atomic E-state index is 12.0. The van der Waals surface area contributed by atoms with Crippen molar-refractivity contribution in [3.05, 3.63) is 48.5 Å². The van der Waals surface area contributed by atoms with E-state index in [2.05, 4.69) is 20.8 Å². The first-order chi connectivity index (χ1) is 11.6. The summed E-state index contributed by atoms with van der Waals surface area (Å²) in [5, 5.41) is 33.1. The lowest BCUT2D eigenvalue weighted by atomic mass is 10.3. The van der Waals surface area contributed by atoms with Gasteiger partial charge in [-0.05, 0) is 59.0 Å². The Morgan fingerprint density at radius 3 is 2.33 bits per heavy atom. The number of carbonyl (C=O) groups excluding carboxylic acids is 1. The molecule has 122 valence electrons. The largest absolute Gasteiger partial charge is 0.508 e. The van der Waals surface area contributed by atoms with Crippen molar-refractivity contribution in [1.29, 1.82) is 0 Å². The molecule has 0 radical (unpaired) electrons. The quantitative estimate of drug-likeness (QED) is 0.478. The normalized spacial score (nSPS) is 10.5. The predicted molar refractivity (Wildman–Crippen MR) is 88.3 cm³/mol. The highest BCUT2D eigenvalue weighted by molar-refractivity contribution is 7.99. The number of thioether (sulfide) groups is 1. The SMILES string of the molecule is O=C(CSc1nnnn1-c1ccc(O)cc1)Nc1ccc(O)cc1. The maximum atomic E-state index is 12.0. The van der Waals surface area contributed by atoms with Crippen molar-refractivity contribution in [1.82, 2.24) is 20.2 Å². The lowest BCUT2D eigenvalue weighted by molar-refractivity contribution is -0.113. The first kappa shape index (κ1) is 15.8. The van der Waals surface area contributed by atoms with Crippen LogP contribution in [0.3, 0.4) is 0 Å². The third kappa shape index (κ3) is 3.82. The van der Waals surface area contributed by atoms with E-state index in [1.54, 1.807) is 24.3 Å². The molecule has 0 bridgehead atoms. The topological polar surface area (TPSA) is 113 Å². The number of nitrogens with one attached hydrogen (secondary N) is 1. The fraction of sp³-hybridized carbons (Fsp3) is 0.0667. The first-order valence-corrected chi connectivity index (χ1v) is 7.90. The predicted octanol–water partition coefficient (Wildman–Crippen LogP) is 1.80. The number of benzene rings is 2. The maximum Gasteiger partial charge on any atom is 0.234 e. The van der Waals surface area contributed by atoms with Crippen molar-refractivity contribution in [2.75, 3.05) is 11.1 Å². The fourth-order valence-corrected chi connectivity index (χ4v) is 2.59. The number of nitrogens with zero attached hydrogens (tertiary/aromatic N) is 4. The zero-order valence-electron chi connectivity index (χ0n) is 12.3. The van der Waals surface area contributed by atoms with E-state index < -0.39 is 0 Å². The van der Waals surface area contributed by atoms with Crippen LogP contribution in [0.15, 0.2) is 53.7 Å². The minimum absolute atomic E-state index is 0.124. The van der Waals surface area contributed by atoms with Gasteiger partial charge in [0, 0.05) is 5.69 Å². The van der Waals surface area contributed by atoms with Gasteiger partial charge in [-0.2, -0.15) is 4.68 Å². The van der Waals surface area contributed by atoms with Crippen molar-refractivity contribution in [2.45, 2.75) is 5.16 Å². The molecular formula is C15H13N5O3S. The Bertz CT molecular complexity index is 833. The lowest BCUT2D eigenvalue weighted by Gasteiger charge is -2.06. The van der Waals surface area contributed by atoms with Crippen molar-refractivity contribution >= 4 is 23.4 Å². The van der Waals surface area contributed by atoms with E-state index >= 15 is 0 Å². The summed E-state index contributed by atoms with van der Waals surface area (Å²) in [5.74, 6) is 0.190. The Morgan fingerprint density at radius 1 is 1.04 bits per heavy atom. The Morgan fingerprint density at radius 2 is 1.67 bits per heavy atom. The molecule has 2 aromatic carbocycles. The van der Waals surface area contributed by atoms with Crippen LogP contribution in [0, 0.1) is 0 Å². The number of carbonyl (C=O) groups is 1. The van der Waals surface area contributed by atoms with Crippen molar-refractivity contribution in [3.63, 3.8) is 0 Å². The van der Waals surface area contributed by atoms with Crippen molar-refractivity contribution < 1.29 is 15.0 Å². The number of tetrazole rings is 1. The van der Waals surface area contributed by atoms with Crippen LogP contribution >= 0.6 is 11.8 Å². The Hall–Kier alpha value is -3.07. The van der Waals surface area contributed by atoms with Gasteiger partial charge in [-0.1, -0.05) is 11.8 Å². The molecule has 0 aliphatic rings. The van der Waals surface area contributed by atoms with Gasteiger partial charge in [0.05, 0.1) is 11.4 Å². The fourth-order valence-electron chi connectivity index (χ4n) is 1.90. The molecule has 0 saturated heterocycles. The Labute approximate surface area is 141 Å². The molecule has 0 fully saturated rings. The molecule has 3 aromatic rings. The van der Waals surface area contributed by atoms with E-state index in [1.807, 2.05) is 0 Å². The van der Waals surface area contributed by atoms with Gasteiger partial charge in [0.2, 0.25) is 11.1 Å². The van der Waals surface area contributed by atoms with Gasteiger partial charge in [0.1, 0.15) is 11.5 Å². The monoisotopic (exact) mass is 343 g/mol. The van der Waals surface area contributed by atoms with E-state index in [9.17, 15) is 15.0 Å². The first-order valence-electron chi connectivity index (χ1n) is 6.91. The zero-order valence-corrected chi connectivity index (χ0v) is 13.1. The van der Waals surface area contributed by atoms with Crippen LogP contribution in [-0.2, 0) is 4.79 Å². The van der Waals surface area contributed by atoms with Gasteiger partial charge in [0.25, 0.3) is 0 Å². The van der Waals surface area contributed by atoms with Crippen LogP contribution in [0.4, 0.5) is 5.69 Å². The van der Waals surface area contributed by atoms with Crippen LogP contribution in [-0.4, -0.2) is 42.1 Å². The Balaban J connectivity index is 1.63. The number of aromatic nitrogens is 4. The number of anilines is 1. The molecule has 0 aliphatic carbocycles. The van der Waals surface area contributed by atoms with Crippen LogP contribution in [0.1, 0.15) is 0 Å². The molecule has 0 saturated carbocycles. The molecule has 8 nitrogen and oxygen atoms in total. The number of rotatable bonds is 5. The van der Waals surface area contributed by atoms with Gasteiger partial charge in [-0.3, -0.25) is 4.79 Å². The average Bonchev–Trinajstić information content (AvgIpc) is 3.04. The summed E-state index contributed by atoms with van der Waals surface area (Å²) in [7, 11) is 0. The summed E-state index contributed by atoms with van der Waals surface area (Å²) >= 11 is 1.19. The number of aromatic hydroxyl groups is 2. The second-order valence-electron chi connectivity index (χ2n) is 4.77. The zero-order chi connectivity index (χ0) is 16.9. The van der Waals surface area contributed by atoms with Crippen LogP contribution in [0.2, 0.25) is 0 Å². The summed E-state index contributed by atoms with van der Waals surface area (Å²) in [6, 6.07) is 12.6. The van der Waals surface area contributed by atoms with Crippen LogP contribution < -0.4 is 5.32 Å². The number of phenols is 2. The summed E-state index contributed by atoms with van der Waals surface area (Å²) in [6.07, 6.45) is 0. The highest BCUT2D eigenvalue weighted by Gasteiger charge is 2.11. The van der Waals surface area contributed by atoms with Crippen LogP contribution in [0.25, 0.3) is 5.69 Å². The van der Waals surface area contributed by atoms with E-state index in [-0.39, 0.29) is 23.2 Å². The van der Waals surface area contributed by atoms with E-state index in [1.165, 1.54) is 40.7 Å². The molecule has 0 spiro atoms. The highest BCUT2D eigenvalue weighted by atomic mass is 32.2. The molecule has 3 rings (SSSR count). The second-order valence-corrected chi connectivity index (χ2v) is 5.72. The second kappa shape index (κ2) is 7.01. The number of hydrogen-bond acceptors (Lipinski definition) is 7. The molecule has 0 atom stereocenters. The molecule has 3 N–H and O–H groups in total. The van der Waals surface area contributed by atoms with Gasteiger partial charge in [-0.15, -0.1) is 5.10 Å². The smallest absolute Gasteiger partial charge is 0.234 e. The van der Waals surface area contributed by atoms with E-state index in [0.717, 1.165) is 0 Å². The standard InChI is InChI=1S/C15H13N5O3S/c21-12-5-1-10(2-6-12)16-14(23)9-24-15-17-18-19-20(15)11-3-7-13(22)8-4-11/h1-8,21-22H,9H2,(H,16,23). The molecule has 24 heavy (non-hydrogen) atoms. The lowest BCUT2D eigenvalue weighted by Crippen LogP contribution is -2.14. The summed E-state index contributed by atoms with van der Waals surface area (Å²) < 4.78 is 1.48. The van der Waals surface area contributed by atoms with Gasteiger partial charge in [0.15, 0.2) is 0 Å².